The van der Waals surface area contributed by atoms with Crippen molar-refractivity contribution in [1.29, 1.82) is 0 Å². The predicted molar refractivity (Wildman–Crippen MR) is 170 cm³/mol. The normalized spacial score (nSPS) is 14.2. The van der Waals surface area contributed by atoms with E-state index in [2.05, 4.69) is 49.7 Å². The molecule has 260 valence electrons. The molecule has 4 aromatic heterocycles. The monoisotopic (exact) mass is 704 g/mol. The second kappa shape index (κ2) is 12.8. The summed E-state index contributed by atoms with van der Waals surface area (Å²) in [6.07, 6.45) is -5.59. The average molecular weight is 705 g/mol. The molecular weight excluding hydrogens is 670 g/mol. The number of hydrogen-bond acceptors (Lipinski definition) is 8. The Morgan fingerprint density at radius 2 is 1.65 bits per heavy atom. The summed E-state index contributed by atoms with van der Waals surface area (Å²) in [5.41, 5.74) is -0.546. The molecule has 4 heterocycles. The Morgan fingerprint density at radius 1 is 0.939 bits per heavy atom. The van der Waals surface area contributed by atoms with Crippen molar-refractivity contribution in [3.63, 3.8) is 0 Å². The van der Waals surface area contributed by atoms with Gasteiger partial charge in [-0.2, -0.15) is 31.4 Å². The minimum absolute atomic E-state index is 0.0203. The Hall–Kier alpha value is -4.38. The molecule has 49 heavy (non-hydrogen) atoms. The van der Waals surface area contributed by atoms with Crippen molar-refractivity contribution in [2.75, 3.05) is 13.7 Å². The number of methoxy groups -OCH3 is 1. The summed E-state index contributed by atoms with van der Waals surface area (Å²) in [4.78, 5) is 20.9. The van der Waals surface area contributed by atoms with Gasteiger partial charge in [0.2, 0.25) is 5.88 Å². The summed E-state index contributed by atoms with van der Waals surface area (Å²) in [6, 6.07) is 7.34. The van der Waals surface area contributed by atoms with Crippen molar-refractivity contribution in [3.8, 4) is 28.7 Å². The van der Waals surface area contributed by atoms with Crippen LogP contribution in [0.1, 0.15) is 47.1 Å². The van der Waals surface area contributed by atoms with E-state index < -0.39 is 31.8 Å². The Kier molecular flexibility index (Phi) is 9.02. The van der Waals surface area contributed by atoms with Gasteiger partial charge in [0.25, 0.3) is 0 Å². The van der Waals surface area contributed by atoms with Crippen LogP contribution >= 0.6 is 0 Å². The Morgan fingerprint density at radius 3 is 2.24 bits per heavy atom. The van der Waals surface area contributed by atoms with E-state index in [0.29, 0.717) is 23.4 Å². The molecule has 0 aliphatic heterocycles. The molecule has 0 saturated heterocycles. The van der Waals surface area contributed by atoms with Gasteiger partial charge in [-0.1, -0.05) is 43.9 Å². The third-order valence-corrected chi connectivity index (χ3v) is 9.81. The van der Waals surface area contributed by atoms with Crippen molar-refractivity contribution in [2.24, 2.45) is 7.05 Å². The zero-order valence-corrected chi connectivity index (χ0v) is 28.4. The maximum Gasteiger partial charge on any atom is 0.435 e. The maximum atomic E-state index is 14.8. The predicted octanol–water partition coefficient (Wildman–Crippen LogP) is 7.51. The highest BCUT2D eigenvalue weighted by Gasteiger charge is 2.40. The average Bonchev–Trinajstić information content (AvgIpc) is 3.72. The number of ether oxygens (including phenoxy) is 2. The summed E-state index contributed by atoms with van der Waals surface area (Å²) < 4.78 is 97.9. The van der Waals surface area contributed by atoms with Gasteiger partial charge >= 0.3 is 12.4 Å². The lowest BCUT2D eigenvalue weighted by Crippen LogP contribution is -2.22. The minimum atomic E-state index is -4.88. The van der Waals surface area contributed by atoms with E-state index in [1.165, 1.54) is 25.1 Å². The highest BCUT2D eigenvalue weighted by atomic mass is 28.3. The molecule has 0 atom stereocenters. The Labute approximate surface area is 278 Å². The zero-order valence-electron chi connectivity index (χ0n) is 27.4. The second-order valence-electron chi connectivity index (χ2n) is 13.2. The second-order valence-corrected chi connectivity index (χ2v) is 18.9. The van der Waals surface area contributed by atoms with Gasteiger partial charge in [-0.3, -0.25) is 0 Å². The van der Waals surface area contributed by atoms with Crippen LogP contribution in [0.2, 0.25) is 25.7 Å². The van der Waals surface area contributed by atoms with Crippen molar-refractivity contribution in [1.82, 2.24) is 39.3 Å². The fraction of sp³-hybridized carbons (Fsp3) is 0.438. The lowest BCUT2D eigenvalue weighted by atomic mass is 10.1. The van der Waals surface area contributed by atoms with Gasteiger partial charge < -0.3 is 14.0 Å². The van der Waals surface area contributed by atoms with Crippen molar-refractivity contribution >= 4 is 19.1 Å². The molecule has 0 bridgehead atoms. The van der Waals surface area contributed by atoms with Crippen molar-refractivity contribution < 1.29 is 35.8 Å². The molecule has 1 saturated carbocycles. The molecule has 5 aromatic rings. The number of aryl methyl sites for hydroxylation is 1. The van der Waals surface area contributed by atoms with Crippen molar-refractivity contribution in [3.05, 3.63) is 65.1 Å². The molecule has 0 spiro atoms. The van der Waals surface area contributed by atoms with E-state index in [0.717, 1.165) is 29.8 Å². The van der Waals surface area contributed by atoms with Crippen LogP contribution in [0.25, 0.3) is 33.8 Å². The molecular formula is C32H34F6N8O2Si. The molecule has 0 radical (unpaired) electrons. The lowest BCUT2D eigenvalue weighted by molar-refractivity contribution is -0.141. The van der Waals surface area contributed by atoms with Crippen LogP contribution in [0.3, 0.4) is 0 Å². The van der Waals surface area contributed by atoms with Gasteiger partial charge in [0.05, 0.1) is 18.5 Å². The van der Waals surface area contributed by atoms with E-state index in [4.69, 9.17) is 9.47 Å². The molecule has 10 nitrogen and oxygen atoms in total. The maximum absolute atomic E-state index is 14.8. The number of aromatic nitrogens is 8. The van der Waals surface area contributed by atoms with Crippen LogP contribution < -0.4 is 4.74 Å². The van der Waals surface area contributed by atoms with Crippen LogP contribution in [0.5, 0.6) is 5.88 Å². The Bertz CT molecular complexity index is 1980. The first kappa shape index (κ1) is 34.5. The highest BCUT2D eigenvalue weighted by molar-refractivity contribution is 6.76. The summed E-state index contributed by atoms with van der Waals surface area (Å²) in [5.74, 6) is -0.0366. The Balaban J connectivity index is 1.45. The fourth-order valence-electron chi connectivity index (χ4n) is 5.44. The number of nitrogens with zero attached hydrogens (tertiary/aromatic N) is 8. The quantitative estimate of drug-likeness (QED) is 0.0791. The molecule has 0 N–H and O–H groups in total. The largest absolute Gasteiger partial charge is 0.480 e. The minimum Gasteiger partial charge on any atom is -0.480 e. The number of rotatable bonds is 11. The van der Waals surface area contributed by atoms with Crippen LogP contribution in [-0.4, -0.2) is 61.1 Å². The molecule has 0 unspecified atom stereocenters. The topological polar surface area (TPSA) is 106 Å². The fourth-order valence-corrected chi connectivity index (χ4v) is 6.20. The van der Waals surface area contributed by atoms with Crippen molar-refractivity contribution in [2.45, 2.75) is 69.9 Å². The van der Waals surface area contributed by atoms with Crippen LogP contribution in [0, 0.1) is 0 Å². The first-order chi connectivity index (χ1) is 23.0. The third kappa shape index (κ3) is 7.46. The van der Waals surface area contributed by atoms with Gasteiger partial charge in [-0.25, -0.2) is 29.6 Å². The van der Waals surface area contributed by atoms with E-state index in [9.17, 15) is 26.3 Å². The first-order valence-electron chi connectivity index (χ1n) is 15.5. The standard InChI is InChI=1S/C32H34F6N8O2Si/c1-45-15-22(31(33,34)35)41-29(45)20-8-6-18(7-9-20)14-21-25-26(46(44-21)17-48-12-13-49(3,4)5)27(32(36,37)38)43-28(42-25)23-24(19-10-11-19)39-16-40-30(23)47-2/h6-9,15-16,19H,10-14,17H2,1-5H3. The summed E-state index contributed by atoms with van der Waals surface area (Å²) in [6.45, 7) is 6.60. The van der Waals surface area contributed by atoms with E-state index in [1.54, 1.807) is 24.3 Å². The van der Waals surface area contributed by atoms with Gasteiger partial charge in [0.1, 0.15) is 35.5 Å². The number of alkyl halides is 6. The van der Waals surface area contributed by atoms with E-state index >= 15 is 0 Å². The summed E-state index contributed by atoms with van der Waals surface area (Å²) in [7, 11) is 1.35. The van der Waals surface area contributed by atoms with Crippen LogP contribution in [-0.2, 0) is 37.3 Å². The third-order valence-electron chi connectivity index (χ3n) is 8.11. The number of benzene rings is 1. The molecule has 1 aromatic carbocycles. The zero-order chi connectivity index (χ0) is 35.3. The molecule has 1 fully saturated rings. The van der Waals surface area contributed by atoms with Gasteiger partial charge in [-0.15, -0.1) is 0 Å². The molecule has 0 amide bonds. The number of imidazole rings is 1. The number of halogens is 6. The first-order valence-corrected chi connectivity index (χ1v) is 19.3. The van der Waals surface area contributed by atoms with Gasteiger partial charge in [-0.05, 0) is 24.4 Å². The smallest absolute Gasteiger partial charge is 0.435 e. The summed E-state index contributed by atoms with van der Waals surface area (Å²) in [5, 5.41) is 4.56. The number of fused-ring (bicyclic) bond motifs is 1. The molecule has 1 aliphatic carbocycles. The SMILES string of the molecule is COc1ncnc(C2CC2)c1-c1nc(C(F)(F)F)c2c(n1)c(Cc1ccc(-c3nc(C(F)(F)F)cn3C)cc1)nn2COCC[Si](C)(C)C. The number of hydrogen-bond donors (Lipinski definition) is 0. The van der Waals surface area contributed by atoms with Crippen LogP contribution in [0.15, 0.2) is 36.8 Å². The highest BCUT2D eigenvalue weighted by Crippen LogP contribution is 2.46. The van der Waals surface area contributed by atoms with Gasteiger partial charge in [0.15, 0.2) is 17.2 Å². The van der Waals surface area contributed by atoms with Gasteiger partial charge in [0, 0.05) is 45.8 Å². The molecule has 1 aliphatic rings. The lowest BCUT2D eigenvalue weighted by Gasteiger charge is -2.16. The molecule has 6 rings (SSSR count). The van der Waals surface area contributed by atoms with E-state index in [1.807, 2.05) is 0 Å². The summed E-state index contributed by atoms with van der Waals surface area (Å²) >= 11 is 0. The molecule has 17 heteroatoms. The van der Waals surface area contributed by atoms with Crippen LogP contribution in [0.4, 0.5) is 26.3 Å². The van der Waals surface area contributed by atoms with E-state index in [-0.39, 0.29) is 58.9 Å².